The summed E-state index contributed by atoms with van der Waals surface area (Å²) in [4.78, 5) is 0. The molecule has 2 heteroatoms. The van der Waals surface area contributed by atoms with Crippen LogP contribution in [0, 0.1) is 10.8 Å². The molecule has 0 aromatic rings. The van der Waals surface area contributed by atoms with Gasteiger partial charge >= 0.3 is 0 Å². The van der Waals surface area contributed by atoms with Crippen LogP contribution in [0.25, 0.3) is 0 Å². The lowest BCUT2D eigenvalue weighted by Gasteiger charge is -2.20. The van der Waals surface area contributed by atoms with Crippen molar-refractivity contribution >= 4 is 0 Å². The molecule has 110 valence electrons. The first-order chi connectivity index (χ1) is 8.10. The monoisotopic (exact) mass is 257 g/mol. The smallest absolute Gasteiger partial charge is 0.0540 e. The molecule has 2 N–H and O–H groups in total. The largest absolute Gasteiger partial charge is 0.393 e. The van der Waals surface area contributed by atoms with Crippen LogP contribution in [0.4, 0.5) is 0 Å². The lowest BCUT2D eigenvalue weighted by molar-refractivity contribution is 0.143. The van der Waals surface area contributed by atoms with Crippen molar-refractivity contribution in [3.63, 3.8) is 0 Å². The molecule has 0 aromatic heterocycles. The molecule has 2 nitrogen and oxygen atoms in total. The standard InChI is InChI=1S/C16H35NO/c1-15(2,3)11-7-9-14(18)10-8-12-17-13-16(4,5)6/h14,17-18H,7-13H2,1-6H3/t14-/m0/s1. The van der Waals surface area contributed by atoms with Crippen molar-refractivity contribution in [1.29, 1.82) is 0 Å². The Kier molecular flexibility index (Phi) is 8.13. The second-order valence-corrected chi connectivity index (χ2v) is 7.99. The number of nitrogens with one attached hydrogen (secondary N) is 1. The zero-order chi connectivity index (χ0) is 14.2. The molecule has 0 saturated heterocycles. The molecule has 0 unspecified atom stereocenters. The fourth-order valence-electron chi connectivity index (χ4n) is 1.94. The van der Waals surface area contributed by atoms with Crippen molar-refractivity contribution in [3.8, 4) is 0 Å². The highest BCUT2D eigenvalue weighted by atomic mass is 16.3. The van der Waals surface area contributed by atoms with E-state index in [0.717, 1.165) is 38.8 Å². The van der Waals surface area contributed by atoms with E-state index in [1.807, 2.05) is 0 Å². The SMILES string of the molecule is CC(C)(C)CCC[C@H](O)CCCNCC(C)(C)C. The van der Waals surface area contributed by atoms with Gasteiger partial charge in [0.25, 0.3) is 0 Å². The summed E-state index contributed by atoms with van der Waals surface area (Å²) in [6.07, 6.45) is 5.19. The molecule has 0 aliphatic carbocycles. The van der Waals surface area contributed by atoms with Gasteiger partial charge in [0.15, 0.2) is 0 Å². The molecule has 0 aliphatic rings. The first-order valence-electron chi connectivity index (χ1n) is 7.49. The van der Waals surface area contributed by atoms with Gasteiger partial charge in [-0.1, -0.05) is 48.0 Å². The Hall–Kier alpha value is -0.0800. The van der Waals surface area contributed by atoms with Crippen LogP contribution >= 0.6 is 0 Å². The molecule has 0 rings (SSSR count). The highest BCUT2D eigenvalue weighted by Crippen LogP contribution is 2.22. The van der Waals surface area contributed by atoms with Crippen LogP contribution in [-0.4, -0.2) is 24.3 Å². The Morgan fingerprint density at radius 1 is 0.889 bits per heavy atom. The van der Waals surface area contributed by atoms with Gasteiger partial charge in [0.2, 0.25) is 0 Å². The molecule has 0 amide bonds. The third-order valence-corrected chi connectivity index (χ3v) is 3.01. The van der Waals surface area contributed by atoms with Gasteiger partial charge in [-0.3, -0.25) is 0 Å². The van der Waals surface area contributed by atoms with E-state index in [-0.39, 0.29) is 6.10 Å². The lowest BCUT2D eigenvalue weighted by atomic mass is 9.89. The van der Waals surface area contributed by atoms with Crippen molar-refractivity contribution in [2.45, 2.75) is 79.8 Å². The number of hydrogen-bond donors (Lipinski definition) is 2. The van der Waals surface area contributed by atoms with Gasteiger partial charge in [-0.2, -0.15) is 0 Å². The van der Waals surface area contributed by atoms with Crippen molar-refractivity contribution in [3.05, 3.63) is 0 Å². The van der Waals surface area contributed by atoms with Crippen molar-refractivity contribution in [2.75, 3.05) is 13.1 Å². The number of hydrogen-bond acceptors (Lipinski definition) is 2. The van der Waals surface area contributed by atoms with E-state index in [4.69, 9.17) is 0 Å². The van der Waals surface area contributed by atoms with E-state index >= 15 is 0 Å². The van der Waals surface area contributed by atoms with E-state index in [2.05, 4.69) is 46.9 Å². The molecule has 0 bridgehead atoms. The minimum atomic E-state index is -0.108. The van der Waals surface area contributed by atoms with E-state index in [9.17, 15) is 5.11 Å². The first-order valence-corrected chi connectivity index (χ1v) is 7.49. The Morgan fingerprint density at radius 3 is 1.94 bits per heavy atom. The second kappa shape index (κ2) is 8.16. The second-order valence-electron chi connectivity index (χ2n) is 7.99. The normalized spacial score (nSPS) is 14.8. The molecule has 0 saturated carbocycles. The van der Waals surface area contributed by atoms with Gasteiger partial charge in [0.05, 0.1) is 6.10 Å². The maximum atomic E-state index is 9.88. The summed E-state index contributed by atoms with van der Waals surface area (Å²) in [6, 6.07) is 0. The predicted molar refractivity (Wildman–Crippen MR) is 80.9 cm³/mol. The van der Waals surface area contributed by atoms with Crippen LogP contribution < -0.4 is 5.32 Å². The summed E-state index contributed by atoms with van der Waals surface area (Å²) in [7, 11) is 0. The Bertz CT molecular complexity index is 200. The maximum absolute atomic E-state index is 9.88. The summed E-state index contributed by atoms with van der Waals surface area (Å²) >= 11 is 0. The van der Waals surface area contributed by atoms with E-state index in [1.165, 1.54) is 6.42 Å². The summed E-state index contributed by atoms with van der Waals surface area (Å²) in [6.45, 7) is 15.6. The van der Waals surface area contributed by atoms with Gasteiger partial charge in [0.1, 0.15) is 0 Å². The molecule has 0 spiro atoms. The third kappa shape index (κ3) is 14.0. The molecule has 0 aliphatic heterocycles. The van der Waals surface area contributed by atoms with Gasteiger partial charge in [0, 0.05) is 0 Å². The zero-order valence-corrected chi connectivity index (χ0v) is 13.5. The minimum Gasteiger partial charge on any atom is -0.393 e. The van der Waals surface area contributed by atoms with Gasteiger partial charge in [-0.05, 0) is 49.6 Å². The van der Waals surface area contributed by atoms with Crippen molar-refractivity contribution in [1.82, 2.24) is 5.32 Å². The van der Waals surface area contributed by atoms with Crippen molar-refractivity contribution in [2.24, 2.45) is 10.8 Å². The summed E-state index contributed by atoms with van der Waals surface area (Å²) in [5.41, 5.74) is 0.749. The third-order valence-electron chi connectivity index (χ3n) is 3.01. The van der Waals surface area contributed by atoms with Crippen LogP contribution in [0.2, 0.25) is 0 Å². The molecular formula is C16H35NO. The molecule has 0 fully saturated rings. The number of aliphatic hydroxyl groups is 1. The minimum absolute atomic E-state index is 0.108. The average Bonchev–Trinajstić information content (AvgIpc) is 2.13. The van der Waals surface area contributed by atoms with E-state index in [0.29, 0.717) is 10.8 Å². The lowest BCUT2D eigenvalue weighted by Crippen LogP contribution is -2.28. The molecular weight excluding hydrogens is 222 g/mol. The average molecular weight is 257 g/mol. The fraction of sp³-hybridized carbons (Fsp3) is 1.00. The van der Waals surface area contributed by atoms with Crippen LogP contribution in [0.15, 0.2) is 0 Å². The zero-order valence-electron chi connectivity index (χ0n) is 13.5. The van der Waals surface area contributed by atoms with Crippen LogP contribution in [-0.2, 0) is 0 Å². The quantitative estimate of drug-likeness (QED) is 0.645. The first kappa shape index (κ1) is 17.9. The number of aliphatic hydroxyl groups excluding tert-OH is 1. The molecule has 0 heterocycles. The Morgan fingerprint density at radius 2 is 1.44 bits per heavy atom. The highest BCUT2D eigenvalue weighted by Gasteiger charge is 2.12. The highest BCUT2D eigenvalue weighted by molar-refractivity contribution is 4.66. The Labute approximate surface area is 115 Å². The van der Waals surface area contributed by atoms with Crippen molar-refractivity contribution < 1.29 is 5.11 Å². The summed E-state index contributed by atoms with van der Waals surface area (Å²) < 4.78 is 0. The van der Waals surface area contributed by atoms with Gasteiger partial charge < -0.3 is 10.4 Å². The van der Waals surface area contributed by atoms with Crippen LogP contribution in [0.3, 0.4) is 0 Å². The molecule has 0 radical (unpaired) electrons. The number of rotatable bonds is 8. The molecule has 0 aromatic carbocycles. The van der Waals surface area contributed by atoms with E-state index in [1.54, 1.807) is 0 Å². The summed E-state index contributed by atoms with van der Waals surface area (Å²) in [5.74, 6) is 0. The molecule has 18 heavy (non-hydrogen) atoms. The summed E-state index contributed by atoms with van der Waals surface area (Å²) in [5, 5.41) is 13.3. The maximum Gasteiger partial charge on any atom is 0.0540 e. The van der Waals surface area contributed by atoms with Crippen LogP contribution in [0.5, 0.6) is 0 Å². The van der Waals surface area contributed by atoms with Gasteiger partial charge in [-0.25, -0.2) is 0 Å². The predicted octanol–water partition coefficient (Wildman–Crippen LogP) is 3.98. The topological polar surface area (TPSA) is 32.3 Å². The Balaban J connectivity index is 3.40. The fourth-order valence-corrected chi connectivity index (χ4v) is 1.94. The van der Waals surface area contributed by atoms with Gasteiger partial charge in [-0.15, -0.1) is 0 Å². The molecule has 1 atom stereocenters. The van der Waals surface area contributed by atoms with E-state index < -0.39 is 0 Å². The van der Waals surface area contributed by atoms with Crippen LogP contribution in [0.1, 0.15) is 73.6 Å².